The Labute approximate surface area is 125 Å². The summed E-state index contributed by atoms with van der Waals surface area (Å²) in [6.07, 6.45) is -1.38. The number of hydrogen-bond acceptors (Lipinski definition) is 2. The van der Waals surface area contributed by atoms with Crippen molar-refractivity contribution in [3.05, 3.63) is 64.7 Å². The largest absolute Gasteiger partial charge is 0.388 e. The minimum Gasteiger partial charge on any atom is -0.388 e. The number of anilines is 1. The van der Waals surface area contributed by atoms with Gasteiger partial charge < -0.3 is 10.4 Å². The van der Waals surface area contributed by atoms with E-state index in [0.717, 1.165) is 12.1 Å². The van der Waals surface area contributed by atoms with Gasteiger partial charge in [0.05, 0.1) is 17.5 Å². The lowest BCUT2D eigenvalue weighted by Gasteiger charge is -2.11. The van der Waals surface area contributed by atoms with Gasteiger partial charge in [0.2, 0.25) is 5.91 Å². The molecular formula is C15H12ClF2NO2. The van der Waals surface area contributed by atoms with Crippen LogP contribution in [0.2, 0.25) is 5.02 Å². The molecule has 110 valence electrons. The van der Waals surface area contributed by atoms with Gasteiger partial charge in [0.15, 0.2) is 0 Å². The van der Waals surface area contributed by atoms with E-state index in [4.69, 9.17) is 11.6 Å². The molecule has 0 fully saturated rings. The Balaban J connectivity index is 1.99. The Hall–Kier alpha value is -1.98. The van der Waals surface area contributed by atoms with Crippen LogP contribution < -0.4 is 5.32 Å². The second-order valence-electron chi connectivity index (χ2n) is 4.45. The zero-order valence-electron chi connectivity index (χ0n) is 10.8. The zero-order chi connectivity index (χ0) is 15.4. The smallest absolute Gasteiger partial charge is 0.227 e. The predicted octanol–water partition coefficient (Wildman–Crippen LogP) is 3.68. The highest BCUT2D eigenvalue weighted by molar-refractivity contribution is 6.31. The molecule has 2 aromatic rings. The van der Waals surface area contributed by atoms with Crippen molar-refractivity contribution < 1.29 is 18.7 Å². The summed E-state index contributed by atoms with van der Waals surface area (Å²) in [6, 6.07) is 9.13. The highest BCUT2D eigenvalue weighted by atomic mass is 35.5. The average Bonchev–Trinajstić information content (AvgIpc) is 2.43. The molecule has 1 amide bonds. The maximum Gasteiger partial charge on any atom is 0.227 e. The summed E-state index contributed by atoms with van der Waals surface area (Å²) in [6.45, 7) is 0. The van der Waals surface area contributed by atoms with E-state index in [1.165, 1.54) is 30.3 Å². The quantitative estimate of drug-likeness (QED) is 0.905. The van der Waals surface area contributed by atoms with Crippen LogP contribution in [0, 0.1) is 11.6 Å². The minimum atomic E-state index is -1.13. The van der Waals surface area contributed by atoms with Crippen LogP contribution in [0.1, 0.15) is 18.1 Å². The number of carbonyl (C=O) groups is 1. The molecule has 0 aliphatic carbocycles. The van der Waals surface area contributed by atoms with Crippen molar-refractivity contribution in [2.45, 2.75) is 12.5 Å². The number of carbonyl (C=O) groups excluding carboxylic acids is 1. The molecule has 0 aromatic heterocycles. The lowest BCUT2D eigenvalue weighted by molar-refractivity contribution is -0.118. The van der Waals surface area contributed by atoms with Gasteiger partial charge in [0, 0.05) is 5.69 Å². The maximum absolute atomic E-state index is 13.0. The van der Waals surface area contributed by atoms with Crippen molar-refractivity contribution >= 4 is 23.2 Å². The first-order valence-electron chi connectivity index (χ1n) is 6.14. The van der Waals surface area contributed by atoms with Gasteiger partial charge in [-0.3, -0.25) is 4.79 Å². The van der Waals surface area contributed by atoms with Crippen molar-refractivity contribution in [1.82, 2.24) is 0 Å². The highest BCUT2D eigenvalue weighted by Crippen LogP contribution is 2.21. The van der Waals surface area contributed by atoms with E-state index in [1.807, 2.05) is 0 Å². The van der Waals surface area contributed by atoms with Crippen LogP contribution in [0.5, 0.6) is 0 Å². The number of benzene rings is 2. The number of halogens is 3. The Morgan fingerprint density at radius 3 is 2.67 bits per heavy atom. The van der Waals surface area contributed by atoms with E-state index in [1.54, 1.807) is 0 Å². The third kappa shape index (κ3) is 4.24. The molecule has 0 saturated carbocycles. The molecule has 1 unspecified atom stereocenters. The summed E-state index contributed by atoms with van der Waals surface area (Å²) < 4.78 is 26.0. The van der Waals surface area contributed by atoms with Gasteiger partial charge in [-0.1, -0.05) is 23.7 Å². The van der Waals surface area contributed by atoms with Crippen molar-refractivity contribution in [1.29, 1.82) is 0 Å². The Morgan fingerprint density at radius 2 is 2.00 bits per heavy atom. The van der Waals surface area contributed by atoms with Crippen molar-refractivity contribution in [3.8, 4) is 0 Å². The number of aliphatic hydroxyl groups excluding tert-OH is 1. The molecule has 0 aliphatic rings. The highest BCUT2D eigenvalue weighted by Gasteiger charge is 2.14. The minimum absolute atomic E-state index is 0.113. The third-order valence-corrected chi connectivity index (χ3v) is 3.11. The van der Waals surface area contributed by atoms with Gasteiger partial charge in [0.25, 0.3) is 0 Å². The Morgan fingerprint density at radius 1 is 1.24 bits per heavy atom. The summed E-state index contributed by atoms with van der Waals surface area (Å²) in [7, 11) is 0. The van der Waals surface area contributed by atoms with Gasteiger partial charge in [0.1, 0.15) is 11.6 Å². The molecule has 6 heteroatoms. The second kappa shape index (κ2) is 6.65. The summed E-state index contributed by atoms with van der Waals surface area (Å²) in [5.74, 6) is -1.57. The fraction of sp³-hybridized carbons (Fsp3) is 0.133. The molecule has 1 atom stereocenters. The number of amides is 1. The van der Waals surface area contributed by atoms with Gasteiger partial charge in [-0.25, -0.2) is 8.78 Å². The fourth-order valence-electron chi connectivity index (χ4n) is 1.79. The Kier molecular flexibility index (Phi) is 4.88. The lowest BCUT2D eigenvalue weighted by Crippen LogP contribution is -2.15. The first kappa shape index (κ1) is 15.4. The van der Waals surface area contributed by atoms with Gasteiger partial charge in [-0.2, -0.15) is 0 Å². The molecule has 21 heavy (non-hydrogen) atoms. The third-order valence-electron chi connectivity index (χ3n) is 2.82. The monoisotopic (exact) mass is 311 g/mol. The van der Waals surface area contributed by atoms with Crippen LogP contribution in [-0.4, -0.2) is 11.0 Å². The molecule has 0 spiro atoms. The lowest BCUT2D eigenvalue weighted by atomic mass is 10.1. The second-order valence-corrected chi connectivity index (χ2v) is 4.86. The number of hydrogen-bond donors (Lipinski definition) is 2. The van der Waals surface area contributed by atoms with Crippen molar-refractivity contribution in [2.24, 2.45) is 0 Å². The molecule has 0 radical (unpaired) electrons. The molecule has 0 heterocycles. The fourth-order valence-corrected chi connectivity index (χ4v) is 1.97. The molecule has 2 N–H and O–H groups in total. The van der Waals surface area contributed by atoms with Crippen LogP contribution >= 0.6 is 11.6 Å². The summed E-state index contributed by atoms with van der Waals surface area (Å²) in [4.78, 5) is 11.8. The molecule has 0 aliphatic heterocycles. The standard InChI is InChI=1S/C15H12ClF2NO2/c16-12-7-11(4-5-13(12)18)19-15(21)8-14(20)9-2-1-3-10(17)6-9/h1-7,14,20H,8H2,(H,19,21). The summed E-state index contributed by atoms with van der Waals surface area (Å²) in [5, 5.41) is 12.2. The first-order chi connectivity index (χ1) is 9.95. The van der Waals surface area contributed by atoms with E-state index < -0.39 is 23.6 Å². The van der Waals surface area contributed by atoms with Crippen molar-refractivity contribution in [3.63, 3.8) is 0 Å². The van der Waals surface area contributed by atoms with E-state index >= 15 is 0 Å². The van der Waals surface area contributed by atoms with E-state index in [2.05, 4.69) is 5.32 Å². The van der Waals surface area contributed by atoms with E-state index in [9.17, 15) is 18.7 Å². The topological polar surface area (TPSA) is 49.3 Å². The van der Waals surface area contributed by atoms with Crippen molar-refractivity contribution in [2.75, 3.05) is 5.32 Å². The van der Waals surface area contributed by atoms with Gasteiger partial charge >= 0.3 is 0 Å². The molecular weight excluding hydrogens is 300 g/mol. The average molecular weight is 312 g/mol. The molecule has 2 aromatic carbocycles. The molecule has 3 nitrogen and oxygen atoms in total. The SMILES string of the molecule is O=C(CC(O)c1cccc(F)c1)Nc1ccc(F)c(Cl)c1. The molecule has 2 rings (SSSR count). The first-order valence-corrected chi connectivity index (χ1v) is 6.52. The van der Waals surface area contributed by atoms with Crippen LogP contribution in [0.4, 0.5) is 14.5 Å². The van der Waals surface area contributed by atoms with Crippen LogP contribution in [0.15, 0.2) is 42.5 Å². The maximum atomic E-state index is 13.0. The van der Waals surface area contributed by atoms with E-state index in [0.29, 0.717) is 11.3 Å². The number of nitrogens with one attached hydrogen (secondary N) is 1. The van der Waals surface area contributed by atoms with Crippen LogP contribution in [0.25, 0.3) is 0 Å². The van der Waals surface area contributed by atoms with Crippen LogP contribution in [-0.2, 0) is 4.79 Å². The van der Waals surface area contributed by atoms with Crippen LogP contribution in [0.3, 0.4) is 0 Å². The van der Waals surface area contributed by atoms with E-state index in [-0.39, 0.29) is 11.4 Å². The summed E-state index contributed by atoms with van der Waals surface area (Å²) in [5.41, 5.74) is 0.625. The normalized spacial score (nSPS) is 12.0. The predicted molar refractivity (Wildman–Crippen MR) is 76.0 cm³/mol. The summed E-state index contributed by atoms with van der Waals surface area (Å²) >= 11 is 5.60. The number of aliphatic hydroxyl groups is 1. The number of rotatable bonds is 4. The zero-order valence-corrected chi connectivity index (χ0v) is 11.6. The molecule has 0 bridgehead atoms. The van der Waals surface area contributed by atoms with Gasteiger partial charge in [-0.05, 0) is 35.9 Å². The van der Waals surface area contributed by atoms with Gasteiger partial charge in [-0.15, -0.1) is 0 Å². The Bertz CT molecular complexity index is 664. The molecule has 0 saturated heterocycles.